The van der Waals surface area contributed by atoms with Crippen LogP contribution in [0.5, 0.6) is 0 Å². The molecule has 0 heterocycles. The van der Waals surface area contributed by atoms with Gasteiger partial charge in [0.25, 0.3) is 0 Å². The summed E-state index contributed by atoms with van der Waals surface area (Å²) in [5.74, 6) is -0.780. The summed E-state index contributed by atoms with van der Waals surface area (Å²) >= 11 is 0. The van der Waals surface area contributed by atoms with Crippen LogP contribution >= 0.6 is 0 Å². The Balaban J connectivity index is 2.13. The summed E-state index contributed by atoms with van der Waals surface area (Å²) in [7, 11) is 0. The van der Waals surface area contributed by atoms with Gasteiger partial charge in [-0.1, -0.05) is 80.1 Å². The Morgan fingerprint density at radius 1 is 0.943 bits per heavy atom. The lowest BCUT2D eigenvalue weighted by Crippen LogP contribution is -2.40. The zero-order valence-corrected chi connectivity index (χ0v) is 20.9. The number of ketones is 1. The van der Waals surface area contributed by atoms with E-state index in [2.05, 4.69) is 5.32 Å². The van der Waals surface area contributed by atoms with Crippen LogP contribution in [-0.4, -0.2) is 36.5 Å². The molecule has 0 unspecified atom stereocenters. The van der Waals surface area contributed by atoms with Crippen molar-refractivity contribution in [3.8, 4) is 0 Å². The SMILES string of the molecule is CCCCOC(=O)[C@H](C/C=C/[C@@H](C)OC(=O)CCC(C)=O)NC(c1ccccc1)c1ccccc1. The van der Waals surface area contributed by atoms with Gasteiger partial charge in [0.15, 0.2) is 0 Å². The van der Waals surface area contributed by atoms with Gasteiger partial charge in [-0.3, -0.25) is 14.9 Å². The van der Waals surface area contributed by atoms with Crippen LogP contribution in [0.15, 0.2) is 72.8 Å². The number of ether oxygens (including phenoxy) is 2. The Morgan fingerprint density at radius 3 is 2.09 bits per heavy atom. The van der Waals surface area contributed by atoms with E-state index in [-0.39, 0.29) is 30.6 Å². The number of nitrogens with one attached hydrogen (secondary N) is 1. The lowest BCUT2D eigenvalue weighted by molar-refractivity contribution is -0.147. The number of carbonyl (C=O) groups excluding carboxylic acids is 3. The molecule has 0 aliphatic rings. The summed E-state index contributed by atoms with van der Waals surface area (Å²) in [5, 5.41) is 3.49. The van der Waals surface area contributed by atoms with E-state index in [9.17, 15) is 14.4 Å². The molecule has 0 fully saturated rings. The molecule has 0 amide bonds. The fraction of sp³-hybridized carbons (Fsp3) is 0.414. The van der Waals surface area contributed by atoms with E-state index in [0.29, 0.717) is 13.0 Å². The third kappa shape index (κ3) is 10.7. The molecule has 0 saturated heterocycles. The summed E-state index contributed by atoms with van der Waals surface area (Å²) in [4.78, 5) is 35.9. The molecule has 6 nitrogen and oxygen atoms in total. The lowest BCUT2D eigenvalue weighted by Gasteiger charge is -2.25. The number of Topliss-reactive ketones (excluding diaryl/α,β-unsaturated/α-hetero) is 1. The van der Waals surface area contributed by atoms with Gasteiger partial charge in [-0.2, -0.15) is 0 Å². The first-order valence-electron chi connectivity index (χ1n) is 12.3. The number of esters is 2. The third-order valence-corrected chi connectivity index (χ3v) is 5.44. The first-order valence-corrected chi connectivity index (χ1v) is 12.3. The van der Waals surface area contributed by atoms with Crippen molar-refractivity contribution >= 4 is 17.7 Å². The van der Waals surface area contributed by atoms with Crippen LogP contribution in [0.1, 0.15) is 70.0 Å². The number of rotatable bonds is 15. The molecule has 0 saturated carbocycles. The maximum atomic E-state index is 13.0. The van der Waals surface area contributed by atoms with E-state index in [0.717, 1.165) is 24.0 Å². The fourth-order valence-corrected chi connectivity index (χ4v) is 3.52. The number of unbranched alkanes of at least 4 members (excludes halogenated alkanes) is 1. The summed E-state index contributed by atoms with van der Waals surface area (Å²) in [5.41, 5.74) is 2.09. The minimum Gasteiger partial charge on any atom is -0.465 e. The van der Waals surface area contributed by atoms with Crippen LogP contribution in [0.25, 0.3) is 0 Å². The van der Waals surface area contributed by atoms with E-state index >= 15 is 0 Å². The summed E-state index contributed by atoms with van der Waals surface area (Å²) in [6, 6.07) is 19.2. The van der Waals surface area contributed by atoms with Crippen molar-refractivity contribution in [3.05, 3.63) is 83.9 Å². The molecule has 0 aromatic heterocycles. The molecule has 2 rings (SSSR count). The maximum absolute atomic E-state index is 13.0. The quantitative estimate of drug-likeness (QED) is 0.211. The van der Waals surface area contributed by atoms with Crippen LogP contribution in [0.3, 0.4) is 0 Å². The van der Waals surface area contributed by atoms with E-state index < -0.39 is 18.1 Å². The second-order valence-corrected chi connectivity index (χ2v) is 8.56. The van der Waals surface area contributed by atoms with Gasteiger partial charge in [0, 0.05) is 6.42 Å². The van der Waals surface area contributed by atoms with Crippen LogP contribution in [0, 0.1) is 0 Å². The number of carbonyl (C=O) groups is 3. The minimum atomic E-state index is -0.589. The predicted molar refractivity (Wildman–Crippen MR) is 137 cm³/mol. The second-order valence-electron chi connectivity index (χ2n) is 8.56. The monoisotopic (exact) mass is 479 g/mol. The van der Waals surface area contributed by atoms with Crippen LogP contribution in [0.2, 0.25) is 0 Å². The van der Waals surface area contributed by atoms with E-state index in [1.54, 1.807) is 13.0 Å². The number of hydrogen-bond acceptors (Lipinski definition) is 6. The zero-order valence-electron chi connectivity index (χ0n) is 20.9. The third-order valence-electron chi connectivity index (χ3n) is 5.44. The van der Waals surface area contributed by atoms with Crippen LogP contribution in [0.4, 0.5) is 0 Å². The molecule has 2 aromatic carbocycles. The molecule has 6 heteroatoms. The van der Waals surface area contributed by atoms with Crippen LogP contribution in [-0.2, 0) is 23.9 Å². The van der Waals surface area contributed by atoms with Gasteiger partial charge in [0.2, 0.25) is 0 Å². The molecular weight excluding hydrogens is 442 g/mol. The average molecular weight is 480 g/mol. The highest BCUT2D eigenvalue weighted by Crippen LogP contribution is 2.23. The Morgan fingerprint density at radius 2 is 1.54 bits per heavy atom. The van der Waals surface area contributed by atoms with Gasteiger partial charge in [0.1, 0.15) is 17.9 Å². The van der Waals surface area contributed by atoms with E-state index in [1.807, 2.05) is 73.7 Å². The smallest absolute Gasteiger partial charge is 0.323 e. The average Bonchev–Trinajstić information content (AvgIpc) is 2.86. The first kappa shape index (κ1) is 28.0. The summed E-state index contributed by atoms with van der Waals surface area (Å²) in [6.45, 7) is 5.62. The molecule has 0 bridgehead atoms. The molecule has 0 radical (unpaired) electrons. The maximum Gasteiger partial charge on any atom is 0.323 e. The Labute approximate surface area is 208 Å². The first-order chi connectivity index (χ1) is 16.9. The van der Waals surface area contributed by atoms with Crippen molar-refractivity contribution in [3.63, 3.8) is 0 Å². The molecule has 0 spiro atoms. The highest BCUT2D eigenvalue weighted by atomic mass is 16.5. The van der Waals surface area contributed by atoms with Crippen molar-refractivity contribution in [1.82, 2.24) is 5.32 Å². The van der Waals surface area contributed by atoms with Crippen LogP contribution < -0.4 is 5.32 Å². The Kier molecular flexibility index (Phi) is 12.5. The van der Waals surface area contributed by atoms with Crippen molar-refractivity contribution in [2.24, 2.45) is 0 Å². The predicted octanol–water partition coefficient (Wildman–Crippen LogP) is 5.32. The Hall–Kier alpha value is -3.25. The molecule has 35 heavy (non-hydrogen) atoms. The normalized spacial score (nSPS) is 12.9. The van der Waals surface area contributed by atoms with Gasteiger partial charge in [-0.25, -0.2) is 0 Å². The van der Waals surface area contributed by atoms with Gasteiger partial charge in [-0.15, -0.1) is 0 Å². The largest absolute Gasteiger partial charge is 0.465 e. The fourth-order valence-electron chi connectivity index (χ4n) is 3.52. The highest BCUT2D eigenvalue weighted by molar-refractivity contribution is 5.81. The molecule has 2 aromatic rings. The molecule has 1 N–H and O–H groups in total. The van der Waals surface area contributed by atoms with Gasteiger partial charge < -0.3 is 14.3 Å². The number of hydrogen-bond donors (Lipinski definition) is 1. The highest BCUT2D eigenvalue weighted by Gasteiger charge is 2.24. The molecular formula is C29H37NO5. The van der Waals surface area contributed by atoms with Gasteiger partial charge >= 0.3 is 11.9 Å². The summed E-state index contributed by atoms with van der Waals surface area (Å²) in [6.07, 6.45) is 5.47. The minimum absolute atomic E-state index is 0.0490. The van der Waals surface area contributed by atoms with Crippen molar-refractivity contribution in [1.29, 1.82) is 0 Å². The topological polar surface area (TPSA) is 81.7 Å². The molecule has 2 atom stereocenters. The van der Waals surface area contributed by atoms with Gasteiger partial charge in [0.05, 0.1) is 19.1 Å². The van der Waals surface area contributed by atoms with Gasteiger partial charge in [-0.05, 0) is 43.9 Å². The van der Waals surface area contributed by atoms with Crippen molar-refractivity contribution in [2.75, 3.05) is 6.61 Å². The lowest BCUT2D eigenvalue weighted by atomic mass is 9.97. The van der Waals surface area contributed by atoms with E-state index in [4.69, 9.17) is 9.47 Å². The number of benzene rings is 2. The standard InChI is InChI=1S/C29H37NO5/c1-4-5-21-34-29(33)26(18-12-13-23(3)35-27(32)20-19-22(2)31)30-28(24-14-8-6-9-15-24)25-16-10-7-11-17-25/h6-17,23,26,28,30H,4-5,18-21H2,1-3H3/b13-12+/t23-,26+/m1/s1. The zero-order chi connectivity index (χ0) is 25.5. The second kappa shape index (κ2) is 15.6. The molecule has 0 aliphatic carbocycles. The molecule has 188 valence electrons. The molecule has 0 aliphatic heterocycles. The Bertz CT molecular complexity index is 903. The summed E-state index contributed by atoms with van der Waals surface area (Å²) < 4.78 is 10.9. The van der Waals surface area contributed by atoms with E-state index in [1.165, 1.54) is 6.92 Å². The van der Waals surface area contributed by atoms with Crippen molar-refractivity contribution in [2.45, 2.75) is 71.1 Å². The van der Waals surface area contributed by atoms with Crippen molar-refractivity contribution < 1.29 is 23.9 Å².